The lowest BCUT2D eigenvalue weighted by Gasteiger charge is -2.24. The zero-order valence-corrected chi connectivity index (χ0v) is 16.2. The Labute approximate surface area is 163 Å². The molecule has 0 aliphatic carbocycles. The van der Waals surface area contributed by atoms with Crippen molar-refractivity contribution in [1.29, 1.82) is 0 Å². The Morgan fingerprint density at radius 3 is 2.68 bits per heavy atom. The van der Waals surface area contributed by atoms with Crippen LogP contribution in [-0.2, 0) is 10.2 Å². The number of methoxy groups -OCH3 is 2. The average Bonchev–Trinajstić information content (AvgIpc) is 3.26. The molecule has 0 unspecified atom stereocenters. The van der Waals surface area contributed by atoms with Crippen molar-refractivity contribution in [3.8, 4) is 11.5 Å². The van der Waals surface area contributed by atoms with E-state index in [1.165, 1.54) is 0 Å². The molecule has 2 aliphatic rings. The molecule has 3 amide bonds. The van der Waals surface area contributed by atoms with Crippen LogP contribution in [0.1, 0.15) is 12.0 Å². The van der Waals surface area contributed by atoms with Crippen molar-refractivity contribution < 1.29 is 19.1 Å². The smallest absolute Gasteiger partial charge is 0.321 e. The standard InChI is InChI=1S/C21H23N3O4/c1-23-17-9-8-14(27-2)12-15(17)21(19(23)25)10-11-24(13-21)20(26)22-16-6-4-5-7-18(16)28-3/h4-9,12H,10-11,13H2,1-3H3,(H,22,26)/t21-/m0/s1. The fourth-order valence-corrected chi connectivity index (χ4v) is 4.18. The molecule has 0 radical (unpaired) electrons. The van der Waals surface area contributed by atoms with Crippen LogP contribution in [-0.4, -0.2) is 51.2 Å². The van der Waals surface area contributed by atoms with E-state index in [0.29, 0.717) is 36.7 Å². The van der Waals surface area contributed by atoms with Crippen molar-refractivity contribution in [3.05, 3.63) is 48.0 Å². The van der Waals surface area contributed by atoms with Crippen molar-refractivity contribution in [2.24, 2.45) is 0 Å². The Balaban J connectivity index is 1.60. The minimum atomic E-state index is -0.725. The second-order valence-corrected chi connectivity index (χ2v) is 7.13. The number of likely N-dealkylation sites (tertiary alicyclic amines) is 1. The lowest BCUT2D eigenvalue weighted by Crippen LogP contribution is -2.43. The van der Waals surface area contributed by atoms with Gasteiger partial charge < -0.3 is 24.6 Å². The monoisotopic (exact) mass is 381 g/mol. The highest BCUT2D eigenvalue weighted by Gasteiger charge is 2.54. The Bertz CT molecular complexity index is 945. The van der Waals surface area contributed by atoms with Gasteiger partial charge >= 0.3 is 6.03 Å². The van der Waals surface area contributed by atoms with Gasteiger partial charge in [-0.25, -0.2) is 4.79 Å². The normalized spacial score (nSPS) is 20.5. The molecule has 4 rings (SSSR count). The number of benzene rings is 2. The van der Waals surface area contributed by atoms with Gasteiger partial charge in [-0.1, -0.05) is 12.1 Å². The minimum absolute atomic E-state index is 0.0170. The van der Waals surface area contributed by atoms with E-state index >= 15 is 0 Å². The quantitative estimate of drug-likeness (QED) is 0.888. The SMILES string of the molecule is COc1ccc2c(c1)[C@@]1(CCN(C(=O)Nc3ccccc3OC)C1)C(=O)N2C. The number of rotatable bonds is 3. The third kappa shape index (κ3) is 2.66. The van der Waals surface area contributed by atoms with E-state index in [1.54, 1.807) is 43.2 Å². The van der Waals surface area contributed by atoms with Gasteiger partial charge in [-0.2, -0.15) is 0 Å². The summed E-state index contributed by atoms with van der Waals surface area (Å²) >= 11 is 0. The molecule has 1 fully saturated rings. The molecule has 2 aliphatic heterocycles. The highest BCUT2D eigenvalue weighted by molar-refractivity contribution is 6.09. The number of hydrogen-bond donors (Lipinski definition) is 1. The number of fused-ring (bicyclic) bond motifs is 2. The molecule has 7 heteroatoms. The molecule has 0 aromatic heterocycles. The van der Waals surface area contributed by atoms with Crippen LogP contribution in [0.5, 0.6) is 11.5 Å². The number of amides is 3. The molecule has 1 N–H and O–H groups in total. The summed E-state index contributed by atoms with van der Waals surface area (Å²) in [6.07, 6.45) is 0.579. The third-order valence-corrected chi connectivity index (χ3v) is 5.70. The van der Waals surface area contributed by atoms with Crippen LogP contribution in [0.3, 0.4) is 0 Å². The summed E-state index contributed by atoms with van der Waals surface area (Å²) in [7, 11) is 4.95. The van der Waals surface area contributed by atoms with Gasteiger partial charge in [0.25, 0.3) is 0 Å². The fourth-order valence-electron chi connectivity index (χ4n) is 4.18. The van der Waals surface area contributed by atoms with Crippen molar-refractivity contribution in [3.63, 3.8) is 0 Å². The van der Waals surface area contributed by atoms with Crippen molar-refractivity contribution >= 4 is 23.3 Å². The molecule has 2 aromatic carbocycles. The van der Waals surface area contributed by atoms with E-state index in [2.05, 4.69) is 5.32 Å². The first-order valence-electron chi connectivity index (χ1n) is 9.16. The number of nitrogens with zero attached hydrogens (tertiary/aromatic N) is 2. The van der Waals surface area contributed by atoms with Gasteiger partial charge in [0, 0.05) is 25.8 Å². The van der Waals surface area contributed by atoms with Crippen LogP contribution in [0.4, 0.5) is 16.2 Å². The van der Waals surface area contributed by atoms with Crippen molar-refractivity contribution in [2.75, 3.05) is 44.6 Å². The highest BCUT2D eigenvalue weighted by atomic mass is 16.5. The topological polar surface area (TPSA) is 71.1 Å². The van der Waals surface area contributed by atoms with Crippen LogP contribution in [0.15, 0.2) is 42.5 Å². The number of nitrogens with one attached hydrogen (secondary N) is 1. The van der Waals surface area contributed by atoms with E-state index in [4.69, 9.17) is 9.47 Å². The van der Waals surface area contributed by atoms with Crippen LogP contribution >= 0.6 is 0 Å². The van der Waals surface area contributed by atoms with Crippen LogP contribution in [0.2, 0.25) is 0 Å². The summed E-state index contributed by atoms with van der Waals surface area (Å²) in [5.74, 6) is 1.32. The number of likely N-dealkylation sites (N-methyl/N-ethyl adjacent to an activating group) is 1. The lowest BCUT2D eigenvalue weighted by molar-refractivity contribution is -0.122. The number of carbonyl (C=O) groups excluding carboxylic acids is 2. The minimum Gasteiger partial charge on any atom is -0.497 e. The first-order chi connectivity index (χ1) is 13.5. The molecular formula is C21H23N3O4. The van der Waals surface area contributed by atoms with Gasteiger partial charge in [0.2, 0.25) is 5.91 Å². The maximum absolute atomic E-state index is 13.1. The zero-order valence-electron chi connectivity index (χ0n) is 16.2. The van der Waals surface area contributed by atoms with E-state index in [1.807, 2.05) is 30.3 Å². The first kappa shape index (κ1) is 18.2. The van der Waals surface area contributed by atoms with E-state index in [0.717, 1.165) is 11.3 Å². The third-order valence-electron chi connectivity index (χ3n) is 5.70. The number of hydrogen-bond acceptors (Lipinski definition) is 4. The van der Waals surface area contributed by atoms with Gasteiger partial charge in [0.1, 0.15) is 11.5 Å². The predicted molar refractivity (Wildman–Crippen MR) is 106 cm³/mol. The maximum Gasteiger partial charge on any atom is 0.321 e. The molecule has 1 saturated heterocycles. The Kier molecular flexibility index (Phi) is 4.37. The Morgan fingerprint density at radius 2 is 1.93 bits per heavy atom. The molecule has 2 heterocycles. The molecule has 0 bridgehead atoms. The van der Waals surface area contributed by atoms with Gasteiger partial charge in [-0.3, -0.25) is 4.79 Å². The molecule has 1 atom stereocenters. The van der Waals surface area contributed by atoms with Crippen LogP contribution in [0.25, 0.3) is 0 Å². The predicted octanol–water partition coefficient (Wildman–Crippen LogP) is 2.86. The lowest BCUT2D eigenvalue weighted by atomic mass is 9.81. The van der Waals surface area contributed by atoms with Crippen LogP contribution in [0, 0.1) is 0 Å². The molecule has 1 spiro atoms. The summed E-state index contributed by atoms with van der Waals surface area (Å²) < 4.78 is 10.7. The van der Waals surface area contributed by atoms with Crippen LogP contribution < -0.4 is 19.7 Å². The summed E-state index contributed by atoms with van der Waals surface area (Å²) in [6.45, 7) is 0.828. The van der Waals surface area contributed by atoms with Gasteiger partial charge in [-0.15, -0.1) is 0 Å². The second kappa shape index (κ2) is 6.74. The van der Waals surface area contributed by atoms with Gasteiger partial charge in [-0.05, 0) is 42.3 Å². The molecule has 146 valence electrons. The zero-order chi connectivity index (χ0) is 19.9. The summed E-state index contributed by atoms with van der Waals surface area (Å²) in [5.41, 5.74) is 1.68. The first-order valence-corrected chi connectivity index (χ1v) is 9.16. The molecule has 28 heavy (non-hydrogen) atoms. The maximum atomic E-state index is 13.1. The average molecular weight is 381 g/mol. The number of para-hydroxylation sites is 2. The second-order valence-electron chi connectivity index (χ2n) is 7.13. The summed E-state index contributed by atoms with van der Waals surface area (Å²) in [5, 5.41) is 2.89. The number of carbonyl (C=O) groups is 2. The summed E-state index contributed by atoms with van der Waals surface area (Å²) in [4.78, 5) is 29.3. The highest BCUT2D eigenvalue weighted by Crippen LogP contribution is 2.48. The molecular weight excluding hydrogens is 358 g/mol. The number of urea groups is 1. The summed E-state index contributed by atoms with van der Waals surface area (Å²) in [6, 6.07) is 12.7. The molecule has 7 nitrogen and oxygen atoms in total. The molecule has 0 saturated carbocycles. The van der Waals surface area contributed by atoms with E-state index in [9.17, 15) is 9.59 Å². The van der Waals surface area contributed by atoms with E-state index < -0.39 is 5.41 Å². The number of ether oxygens (including phenoxy) is 2. The Hall–Kier alpha value is -3.22. The van der Waals surface area contributed by atoms with E-state index in [-0.39, 0.29) is 11.9 Å². The van der Waals surface area contributed by atoms with Crippen molar-refractivity contribution in [1.82, 2.24) is 4.90 Å². The van der Waals surface area contributed by atoms with Crippen molar-refractivity contribution in [2.45, 2.75) is 11.8 Å². The van der Waals surface area contributed by atoms with Gasteiger partial charge in [0.15, 0.2) is 0 Å². The fraction of sp³-hybridized carbons (Fsp3) is 0.333. The largest absolute Gasteiger partial charge is 0.497 e. The number of anilines is 2. The molecule has 2 aromatic rings. The van der Waals surface area contributed by atoms with Gasteiger partial charge in [0.05, 0.1) is 25.3 Å². The Morgan fingerprint density at radius 1 is 1.14 bits per heavy atom.